The Hall–Kier alpha value is -2.92. The van der Waals surface area contributed by atoms with Crippen LogP contribution < -0.4 is 4.74 Å². The highest BCUT2D eigenvalue weighted by molar-refractivity contribution is 7.12. The SMILES string of the molecule is COc1ccc2nccc([C@H](O)CC[C@@H]3CCN(CC#Cc4ccc(C)s4)C[C@@H]3C(=O)O)c2c1. The van der Waals surface area contributed by atoms with Crippen molar-refractivity contribution >= 4 is 28.2 Å². The van der Waals surface area contributed by atoms with Crippen LogP contribution in [0.15, 0.2) is 42.6 Å². The molecule has 3 heterocycles. The van der Waals surface area contributed by atoms with Gasteiger partial charge in [-0.05, 0) is 80.6 Å². The first-order valence-electron chi connectivity index (χ1n) is 11.6. The molecule has 7 heteroatoms. The van der Waals surface area contributed by atoms with E-state index < -0.39 is 18.0 Å². The van der Waals surface area contributed by atoms with Gasteiger partial charge in [0.2, 0.25) is 0 Å². The summed E-state index contributed by atoms with van der Waals surface area (Å²) in [5, 5.41) is 21.7. The number of carboxylic acid groups (broad SMARTS) is 1. The van der Waals surface area contributed by atoms with E-state index in [0.717, 1.165) is 34.3 Å². The maximum atomic E-state index is 12.0. The summed E-state index contributed by atoms with van der Waals surface area (Å²) in [7, 11) is 1.61. The van der Waals surface area contributed by atoms with E-state index in [-0.39, 0.29) is 5.92 Å². The van der Waals surface area contributed by atoms with Gasteiger partial charge >= 0.3 is 5.97 Å². The zero-order valence-electron chi connectivity index (χ0n) is 19.5. The largest absolute Gasteiger partial charge is 0.497 e. The number of nitrogens with zero attached hydrogens (tertiary/aromatic N) is 2. The third kappa shape index (κ3) is 5.76. The maximum Gasteiger partial charge on any atom is 0.308 e. The summed E-state index contributed by atoms with van der Waals surface area (Å²) in [6.07, 6.45) is 2.95. The van der Waals surface area contributed by atoms with Crippen LogP contribution in [0.25, 0.3) is 10.9 Å². The Morgan fingerprint density at radius 3 is 2.91 bits per heavy atom. The van der Waals surface area contributed by atoms with Crippen molar-refractivity contribution in [2.75, 3.05) is 26.7 Å². The Kier molecular flexibility index (Phi) is 7.84. The molecule has 0 saturated carbocycles. The second kappa shape index (κ2) is 11.0. The van der Waals surface area contributed by atoms with E-state index >= 15 is 0 Å². The van der Waals surface area contributed by atoms with Crippen molar-refractivity contribution in [1.29, 1.82) is 0 Å². The monoisotopic (exact) mass is 478 g/mol. The maximum absolute atomic E-state index is 12.0. The number of fused-ring (bicyclic) bond motifs is 1. The fourth-order valence-electron chi connectivity index (χ4n) is 4.67. The first kappa shape index (κ1) is 24.2. The van der Waals surface area contributed by atoms with Crippen molar-refractivity contribution in [2.24, 2.45) is 11.8 Å². The Bertz CT molecular complexity index is 1210. The van der Waals surface area contributed by atoms with Gasteiger partial charge in [0.05, 0.1) is 36.1 Å². The molecule has 3 atom stereocenters. The lowest BCUT2D eigenvalue weighted by Gasteiger charge is -2.36. The van der Waals surface area contributed by atoms with Gasteiger partial charge in [-0.2, -0.15) is 0 Å². The van der Waals surface area contributed by atoms with E-state index in [1.54, 1.807) is 24.6 Å². The topological polar surface area (TPSA) is 82.9 Å². The number of aromatic nitrogens is 1. The number of carbonyl (C=O) groups is 1. The summed E-state index contributed by atoms with van der Waals surface area (Å²) in [6, 6.07) is 11.5. The van der Waals surface area contributed by atoms with Crippen LogP contribution in [0.1, 0.15) is 40.7 Å². The normalized spacial score (nSPS) is 19.4. The molecule has 1 fully saturated rings. The van der Waals surface area contributed by atoms with E-state index in [2.05, 4.69) is 34.7 Å². The zero-order valence-corrected chi connectivity index (χ0v) is 20.3. The zero-order chi connectivity index (χ0) is 24.1. The first-order chi connectivity index (χ1) is 16.4. The molecule has 0 radical (unpaired) electrons. The molecule has 2 aromatic heterocycles. The smallest absolute Gasteiger partial charge is 0.308 e. The minimum atomic E-state index is -0.773. The van der Waals surface area contributed by atoms with Crippen LogP contribution in [0, 0.1) is 30.6 Å². The van der Waals surface area contributed by atoms with Crippen LogP contribution in [0.5, 0.6) is 5.75 Å². The molecular formula is C27H30N2O4S. The third-order valence-corrected chi connectivity index (χ3v) is 7.48. The number of benzene rings is 1. The van der Waals surface area contributed by atoms with Crippen LogP contribution in [-0.2, 0) is 4.79 Å². The second-order valence-corrected chi connectivity index (χ2v) is 10.1. The average molecular weight is 479 g/mol. The molecule has 178 valence electrons. The number of likely N-dealkylation sites (tertiary alicyclic amines) is 1. The van der Waals surface area contributed by atoms with Crippen molar-refractivity contribution in [1.82, 2.24) is 9.88 Å². The van der Waals surface area contributed by atoms with E-state index in [4.69, 9.17) is 4.74 Å². The highest BCUT2D eigenvalue weighted by Crippen LogP contribution is 2.33. The lowest BCUT2D eigenvalue weighted by atomic mass is 9.81. The van der Waals surface area contributed by atoms with E-state index in [0.29, 0.717) is 31.7 Å². The average Bonchev–Trinajstić information content (AvgIpc) is 3.26. The van der Waals surface area contributed by atoms with Crippen molar-refractivity contribution in [3.8, 4) is 17.6 Å². The van der Waals surface area contributed by atoms with Gasteiger partial charge < -0.3 is 14.9 Å². The lowest BCUT2D eigenvalue weighted by Crippen LogP contribution is -2.44. The number of piperidine rings is 1. The standard InChI is InChI=1S/C27H30N2O4S/c1-18-5-8-21(34-18)4-3-14-29-15-12-19(24(17-29)27(31)32)6-10-26(30)22-11-13-28-25-9-7-20(33-2)16-23(22)25/h5,7-9,11,13,16,19,24,26,30H,6,10,12,14-15,17H2,1-2H3,(H,31,32)/t19-,24+,26-/m1/s1. The number of aliphatic hydroxyl groups excluding tert-OH is 1. The fraction of sp³-hybridized carbons (Fsp3) is 0.407. The van der Waals surface area contributed by atoms with Gasteiger partial charge in [0.15, 0.2) is 0 Å². The molecule has 1 aliphatic rings. The Morgan fingerprint density at radius 1 is 1.32 bits per heavy atom. The van der Waals surface area contributed by atoms with E-state index in [9.17, 15) is 15.0 Å². The van der Waals surface area contributed by atoms with Crippen LogP contribution in [0.2, 0.25) is 0 Å². The molecule has 1 aromatic carbocycles. The molecule has 0 aliphatic carbocycles. The van der Waals surface area contributed by atoms with Gasteiger partial charge in [0, 0.05) is 23.0 Å². The lowest BCUT2D eigenvalue weighted by molar-refractivity contribution is -0.146. The number of aliphatic hydroxyl groups is 1. The number of methoxy groups -OCH3 is 1. The van der Waals surface area contributed by atoms with Crippen LogP contribution >= 0.6 is 11.3 Å². The fourth-order valence-corrected chi connectivity index (χ4v) is 5.41. The minimum Gasteiger partial charge on any atom is -0.497 e. The summed E-state index contributed by atoms with van der Waals surface area (Å²) >= 11 is 1.67. The Labute approximate surface area is 204 Å². The van der Waals surface area contributed by atoms with Crippen LogP contribution in [0.3, 0.4) is 0 Å². The molecule has 3 aromatic rings. The number of aryl methyl sites for hydroxylation is 1. The quantitative estimate of drug-likeness (QED) is 0.487. The van der Waals surface area contributed by atoms with Gasteiger partial charge in [-0.1, -0.05) is 11.8 Å². The molecule has 1 saturated heterocycles. The van der Waals surface area contributed by atoms with Gasteiger partial charge in [-0.25, -0.2) is 0 Å². The number of ether oxygens (including phenoxy) is 1. The van der Waals surface area contributed by atoms with E-state index in [1.807, 2.05) is 30.3 Å². The number of hydrogen-bond acceptors (Lipinski definition) is 6. The molecule has 2 N–H and O–H groups in total. The van der Waals surface area contributed by atoms with Crippen molar-refractivity contribution < 1.29 is 19.7 Å². The molecule has 6 nitrogen and oxygen atoms in total. The molecule has 0 bridgehead atoms. The van der Waals surface area contributed by atoms with Crippen LogP contribution in [0.4, 0.5) is 0 Å². The summed E-state index contributed by atoms with van der Waals surface area (Å²) in [5.74, 6) is 5.88. The van der Waals surface area contributed by atoms with E-state index in [1.165, 1.54) is 4.88 Å². The van der Waals surface area contributed by atoms with Gasteiger partial charge in [0.25, 0.3) is 0 Å². The number of hydrogen-bond donors (Lipinski definition) is 2. The molecular weight excluding hydrogens is 448 g/mol. The van der Waals surface area contributed by atoms with Gasteiger partial charge in [-0.3, -0.25) is 14.7 Å². The molecule has 0 spiro atoms. The predicted molar refractivity (Wildman–Crippen MR) is 134 cm³/mol. The highest BCUT2D eigenvalue weighted by atomic mass is 32.1. The molecule has 34 heavy (non-hydrogen) atoms. The Balaban J connectivity index is 1.38. The summed E-state index contributed by atoms with van der Waals surface area (Å²) in [4.78, 5) is 20.8. The summed E-state index contributed by atoms with van der Waals surface area (Å²) < 4.78 is 5.33. The highest BCUT2D eigenvalue weighted by Gasteiger charge is 2.34. The van der Waals surface area contributed by atoms with Crippen molar-refractivity contribution in [2.45, 2.75) is 32.3 Å². The molecule has 0 amide bonds. The number of thiophene rings is 1. The van der Waals surface area contributed by atoms with Gasteiger partial charge in [0.1, 0.15) is 5.75 Å². The molecule has 1 aliphatic heterocycles. The van der Waals surface area contributed by atoms with Crippen molar-refractivity contribution in [3.63, 3.8) is 0 Å². The minimum absolute atomic E-state index is 0.0268. The van der Waals surface area contributed by atoms with Crippen molar-refractivity contribution in [3.05, 3.63) is 57.9 Å². The predicted octanol–water partition coefficient (Wildman–Crippen LogP) is 4.50. The summed E-state index contributed by atoms with van der Waals surface area (Å²) in [5.41, 5.74) is 1.60. The first-order valence-corrected chi connectivity index (χ1v) is 12.4. The summed E-state index contributed by atoms with van der Waals surface area (Å²) in [6.45, 7) is 3.94. The number of pyridine rings is 1. The number of rotatable bonds is 7. The molecule has 4 rings (SSSR count). The Morgan fingerprint density at radius 2 is 2.18 bits per heavy atom. The second-order valence-electron chi connectivity index (χ2n) is 8.82. The van der Waals surface area contributed by atoms with Crippen LogP contribution in [-0.4, -0.2) is 52.8 Å². The van der Waals surface area contributed by atoms with Gasteiger partial charge in [-0.15, -0.1) is 11.3 Å². The molecule has 0 unspecified atom stereocenters. The third-order valence-electron chi connectivity index (χ3n) is 6.56. The number of carboxylic acids is 1. The number of aliphatic carboxylic acids is 1.